The molecule has 31 heavy (non-hydrogen) atoms. The predicted octanol–water partition coefficient (Wildman–Crippen LogP) is 2.94. The molecule has 1 saturated heterocycles. The van der Waals surface area contributed by atoms with E-state index in [1.165, 1.54) is 10.6 Å². The number of amides is 1. The Labute approximate surface area is 182 Å². The molecule has 1 aliphatic rings. The number of benzene rings is 3. The van der Waals surface area contributed by atoms with Gasteiger partial charge in [0, 0.05) is 42.9 Å². The number of hydrogen-bond acceptors (Lipinski definition) is 5. The van der Waals surface area contributed by atoms with E-state index in [1.807, 2.05) is 66.7 Å². The van der Waals surface area contributed by atoms with Crippen molar-refractivity contribution in [1.29, 1.82) is 0 Å². The van der Waals surface area contributed by atoms with Crippen molar-refractivity contribution >= 4 is 38.1 Å². The Morgan fingerprint density at radius 3 is 2.32 bits per heavy atom. The van der Waals surface area contributed by atoms with Crippen LogP contribution in [-0.2, 0) is 14.8 Å². The molecule has 0 aliphatic carbocycles. The lowest BCUT2D eigenvalue weighted by Gasteiger charge is -2.34. The van der Waals surface area contributed by atoms with E-state index in [2.05, 4.69) is 10.2 Å². The molecule has 0 radical (unpaired) electrons. The molecule has 4 rings (SSSR count). The minimum Gasteiger partial charge on any atom is -0.483 e. The van der Waals surface area contributed by atoms with Crippen molar-refractivity contribution in [2.75, 3.05) is 49.3 Å². The molecular weight excluding hydrogens is 414 g/mol. The van der Waals surface area contributed by atoms with Crippen molar-refractivity contribution in [2.24, 2.45) is 0 Å². The first-order chi connectivity index (χ1) is 14.9. The average molecular weight is 440 g/mol. The number of nitrogens with zero attached hydrogens (tertiary/aromatic N) is 2. The second-order valence-electron chi connectivity index (χ2n) is 7.51. The monoisotopic (exact) mass is 439 g/mol. The van der Waals surface area contributed by atoms with E-state index >= 15 is 0 Å². The van der Waals surface area contributed by atoms with Gasteiger partial charge in [-0.25, -0.2) is 8.42 Å². The first kappa shape index (κ1) is 21.1. The van der Waals surface area contributed by atoms with Crippen LogP contribution in [0.5, 0.6) is 5.75 Å². The van der Waals surface area contributed by atoms with Gasteiger partial charge in [0.1, 0.15) is 5.75 Å². The van der Waals surface area contributed by atoms with Crippen molar-refractivity contribution in [3.8, 4) is 5.75 Å². The zero-order valence-corrected chi connectivity index (χ0v) is 18.1. The van der Waals surface area contributed by atoms with Crippen molar-refractivity contribution < 1.29 is 17.9 Å². The second-order valence-corrected chi connectivity index (χ2v) is 9.49. The Balaban J connectivity index is 1.31. The van der Waals surface area contributed by atoms with Crippen LogP contribution in [0.1, 0.15) is 0 Å². The fourth-order valence-corrected chi connectivity index (χ4v) is 4.52. The summed E-state index contributed by atoms with van der Waals surface area (Å²) in [4.78, 5) is 14.5. The highest BCUT2D eigenvalue weighted by Crippen LogP contribution is 2.25. The first-order valence-corrected chi connectivity index (χ1v) is 12.0. The molecule has 0 unspecified atom stereocenters. The van der Waals surface area contributed by atoms with Crippen LogP contribution in [0.25, 0.3) is 10.8 Å². The van der Waals surface area contributed by atoms with Gasteiger partial charge in [0.25, 0.3) is 5.91 Å². The van der Waals surface area contributed by atoms with Gasteiger partial charge < -0.3 is 15.0 Å². The maximum Gasteiger partial charge on any atom is 0.262 e. The Bertz CT molecular complexity index is 1170. The second kappa shape index (κ2) is 8.95. The molecule has 0 aromatic heterocycles. The smallest absolute Gasteiger partial charge is 0.262 e. The van der Waals surface area contributed by atoms with E-state index in [9.17, 15) is 13.2 Å². The lowest BCUT2D eigenvalue weighted by Crippen LogP contribution is -2.48. The highest BCUT2D eigenvalue weighted by atomic mass is 32.2. The quantitative estimate of drug-likeness (QED) is 0.639. The highest BCUT2D eigenvalue weighted by Gasteiger charge is 2.23. The minimum atomic E-state index is -3.14. The summed E-state index contributed by atoms with van der Waals surface area (Å²) in [5.74, 6) is 0.444. The summed E-state index contributed by atoms with van der Waals surface area (Å²) in [5.41, 5.74) is 1.68. The van der Waals surface area contributed by atoms with Gasteiger partial charge >= 0.3 is 0 Å². The Morgan fingerprint density at radius 1 is 0.935 bits per heavy atom. The number of ether oxygens (including phenoxy) is 1. The van der Waals surface area contributed by atoms with Crippen molar-refractivity contribution in [2.45, 2.75) is 0 Å². The van der Waals surface area contributed by atoms with Gasteiger partial charge in [0.15, 0.2) is 6.61 Å². The standard InChI is InChI=1S/C23H25N3O4S/c1-31(28,29)26-15-13-25(14-16-26)20-11-9-19(10-12-20)24-23(27)17-30-22-8-4-6-18-5-2-3-7-21(18)22/h2-12H,13-17H2,1H3,(H,24,27). The van der Waals surface area contributed by atoms with Gasteiger partial charge in [-0.05, 0) is 35.7 Å². The zero-order valence-electron chi connectivity index (χ0n) is 17.3. The average Bonchev–Trinajstić information content (AvgIpc) is 2.78. The van der Waals surface area contributed by atoms with E-state index in [0.717, 1.165) is 16.5 Å². The molecule has 162 valence electrons. The minimum absolute atomic E-state index is 0.0801. The molecule has 1 heterocycles. The molecule has 0 spiro atoms. The lowest BCUT2D eigenvalue weighted by atomic mass is 10.1. The van der Waals surface area contributed by atoms with E-state index in [0.29, 0.717) is 37.6 Å². The molecule has 1 amide bonds. The van der Waals surface area contributed by atoms with Gasteiger partial charge in [-0.3, -0.25) is 4.79 Å². The molecular formula is C23H25N3O4S. The number of piperazine rings is 1. The van der Waals surface area contributed by atoms with Gasteiger partial charge in [0.2, 0.25) is 10.0 Å². The van der Waals surface area contributed by atoms with Crippen LogP contribution in [0, 0.1) is 0 Å². The molecule has 0 bridgehead atoms. The summed E-state index contributed by atoms with van der Waals surface area (Å²) in [6, 6.07) is 21.2. The normalized spacial score (nSPS) is 15.1. The number of anilines is 2. The Morgan fingerprint density at radius 2 is 1.61 bits per heavy atom. The van der Waals surface area contributed by atoms with Crippen LogP contribution >= 0.6 is 0 Å². The van der Waals surface area contributed by atoms with Gasteiger partial charge in [-0.15, -0.1) is 0 Å². The van der Waals surface area contributed by atoms with Crippen LogP contribution in [0.3, 0.4) is 0 Å². The van der Waals surface area contributed by atoms with Crippen LogP contribution in [-0.4, -0.2) is 57.7 Å². The van der Waals surface area contributed by atoms with Crippen LogP contribution in [0.15, 0.2) is 66.7 Å². The molecule has 1 fully saturated rings. The maximum atomic E-state index is 12.3. The number of rotatable bonds is 6. The number of sulfonamides is 1. The van der Waals surface area contributed by atoms with E-state index in [-0.39, 0.29) is 12.5 Å². The van der Waals surface area contributed by atoms with Crippen molar-refractivity contribution in [1.82, 2.24) is 4.31 Å². The van der Waals surface area contributed by atoms with Crippen molar-refractivity contribution in [3.05, 3.63) is 66.7 Å². The summed E-state index contributed by atoms with van der Waals surface area (Å²) in [5, 5.41) is 4.88. The molecule has 1 aliphatic heterocycles. The fourth-order valence-electron chi connectivity index (χ4n) is 3.70. The Kier molecular flexibility index (Phi) is 6.11. The zero-order chi connectivity index (χ0) is 21.8. The summed E-state index contributed by atoms with van der Waals surface area (Å²) in [6.07, 6.45) is 1.24. The van der Waals surface area contributed by atoms with Crippen LogP contribution in [0.4, 0.5) is 11.4 Å². The molecule has 7 nitrogen and oxygen atoms in total. The number of nitrogens with one attached hydrogen (secondary N) is 1. The van der Waals surface area contributed by atoms with Gasteiger partial charge in [0.05, 0.1) is 6.26 Å². The van der Waals surface area contributed by atoms with Crippen LogP contribution in [0.2, 0.25) is 0 Å². The number of fused-ring (bicyclic) bond motifs is 1. The first-order valence-electron chi connectivity index (χ1n) is 10.1. The molecule has 8 heteroatoms. The van der Waals surface area contributed by atoms with E-state index in [4.69, 9.17) is 4.74 Å². The van der Waals surface area contributed by atoms with Crippen LogP contribution < -0.4 is 15.0 Å². The summed E-state index contributed by atoms with van der Waals surface area (Å²) < 4.78 is 30.5. The summed E-state index contributed by atoms with van der Waals surface area (Å²) >= 11 is 0. The molecule has 1 N–H and O–H groups in total. The maximum absolute atomic E-state index is 12.3. The summed E-state index contributed by atoms with van der Waals surface area (Å²) in [7, 11) is -3.14. The van der Waals surface area contributed by atoms with Gasteiger partial charge in [-0.1, -0.05) is 36.4 Å². The summed E-state index contributed by atoms with van der Waals surface area (Å²) in [6.45, 7) is 2.14. The predicted molar refractivity (Wildman–Crippen MR) is 123 cm³/mol. The molecule has 0 atom stereocenters. The Hall–Kier alpha value is -3.10. The number of hydrogen-bond donors (Lipinski definition) is 1. The molecule has 3 aromatic carbocycles. The number of carbonyl (C=O) groups excluding carboxylic acids is 1. The third-order valence-electron chi connectivity index (χ3n) is 5.33. The SMILES string of the molecule is CS(=O)(=O)N1CCN(c2ccc(NC(=O)COc3cccc4ccccc34)cc2)CC1. The fraction of sp³-hybridized carbons (Fsp3) is 0.261. The largest absolute Gasteiger partial charge is 0.483 e. The molecule has 0 saturated carbocycles. The number of carbonyl (C=O) groups is 1. The van der Waals surface area contributed by atoms with Gasteiger partial charge in [-0.2, -0.15) is 4.31 Å². The van der Waals surface area contributed by atoms with E-state index < -0.39 is 10.0 Å². The van der Waals surface area contributed by atoms with E-state index in [1.54, 1.807) is 0 Å². The third-order valence-corrected chi connectivity index (χ3v) is 6.64. The lowest BCUT2D eigenvalue weighted by molar-refractivity contribution is -0.118. The molecule has 3 aromatic rings. The topological polar surface area (TPSA) is 79.0 Å². The third kappa shape index (κ3) is 5.15. The van der Waals surface area contributed by atoms with Crippen molar-refractivity contribution in [3.63, 3.8) is 0 Å². The highest BCUT2D eigenvalue weighted by molar-refractivity contribution is 7.88.